The molecule has 3 N–H and O–H groups in total. The molecule has 0 saturated carbocycles. The average Bonchev–Trinajstić information content (AvgIpc) is 3.65. The molecule has 2 aliphatic rings. The molecule has 2 aliphatic heterocycles. The minimum Gasteiger partial charge on any atom is -0.466 e. The summed E-state index contributed by atoms with van der Waals surface area (Å²) < 4.78 is 6.21. The van der Waals surface area contributed by atoms with Crippen molar-refractivity contribution in [1.29, 1.82) is 0 Å². The highest BCUT2D eigenvalue weighted by Crippen LogP contribution is 2.28. The lowest BCUT2D eigenvalue weighted by atomic mass is 9.85. The van der Waals surface area contributed by atoms with Gasteiger partial charge in [-0.3, -0.25) is 25.2 Å². The first-order valence-corrected chi connectivity index (χ1v) is 13.9. The number of urea groups is 1. The third-order valence-electron chi connectivity index (χ3n) is 7.04. The predicted octanol–water partition coefficient (Wildman–Crippen LogP) is 3.43. The topological polar surface area (TPSA) is 138 Å². The SMILES string of the molecule is CC(=O)N1CCC(C(=O)C(Oc2cccc(NC(=O)Nc3csc(-c4ccncc4)n3)n2)C2CCNC2)CC1. The van der Waals surface area contributed by atoms with Crippen LogP contribution in [0.1, 0.15) is 26.2 Å². The van der Waals surface area contributed by atoms with Crippen molar-refractivity contribution in [1.82, 2.24) is 25.2 Å². The van der Waals surface area contributed by atoms with Crippen molar-refractivity contribution in [2.75, 3.05) is 36.8 Å². The van der Waals surface area contributed by atoms with Gasteiger partial charge in [0.25, 0.3) is 0 Å². The Morgan fingerprint density at radius 2 is 1.82 bits per heavy atom. The zero-order valence-corrected chi connectivity index (χ0v) is 22.4. The Morgan fingerprint density at radius 1 is 1.05 bits per heavy atom. The van der Waals surface area contributed by atoms with E-state index in [2.05, 4.69) is 30.9 Å². The van der Waals surface area contributed by atoms with Gasteiger partial charge in [-0.05, 0) is 44.0 Å². The standard InChI is InChI=1S/C27H31N7O4S/c1-17(35)34-13-8-18(9-14-34)24(36)25(20-7-12-29-15-20)38-23-4-2-3-21(30-23)32-27(37)33-22-16-39-26(31-22)19-5-10-28-11-6-19/h2-6,10-11,16,18,20,25,29H,7-9,12-15H2,1H3,(H2,30,32,33,37). The number of carbonyl (C=O) groups is 3. The Balaban J connectivity index is 1.22. The number of rotatable bonds is 8. The summed E-state index contributed by atoms with van der Waals surface area (Å²) in [4.78, 5) is 52.5. The quantitative estimate of drug-likeness (QED) is 0.389. The summed E-state index contributed by atoms with van der Waals surface area (Å²) in [5.41, 5.74) is 0.918. The molecule has 5 rings (SSSR count). The maximum absolute atomic E-state index is 13.6. The van der Waals surface area contributed by atoms with Crippen LogP contribution in [0.15, 0.2) is 48.1 Å². The van der Waals surface area contributed by atoms with Crippen molar-refractivity contribution in [2.45, 2.75) is 32.3 Å². The van der Waals surface area contributed by atoms with Crippen molar-refractivity contribution in [2.24, 2.45) is 11.8 Å². The molecule has 0 aromatic carbocycles. The number of hydrogen-bond donors (Lipinski definition) is 3. The first-order chi connectivity index (χ1) is 19.0. The molecule has 2 unspecified atom stereocenters. The number of ketones is 1. The first kappa shape index (κ1) is 26.7. The normalized spacial score (nSPS) is 18.4. The molecule has 0 spiro atoms. The third-order valence-corrected chi connectivity index (χ3v) is 7.93. The summed E-state index contributed by atoms with van der Waals surface area (Å²) in [6.07, 6.45) is 4.83. The van der Waals surface area contributed by atoms with Crippen molar-refractivity contribution in [3.8, 4) is 16.5 Å². The van der Waals surface area contributed by atoms with E-state index in [0.29, 0.717) is 44.1 Å². The smallest absolute Gasteiger partial charge is 0.326 e. The Hall–Kier alpha value is -3.90. The fourth-order valence-electron chi connectivity index (χ4n) is 4.94. The molecule has 3 aromatic heterocycles. The number of pyridine rings is 2. The fourth-order valence-corrected chi connectivity index (χ4v) is 5.69. The summed E-state index contributed by atoms with van der Waals surface area (Å²) in [6, 6.07) is 8.28. The Kier molecular flexibility index (Phi) is 8.42. The highest BCUT2D eigenvalue weighted by atomic mass is 32.1. The van der Waals surface area contributed by atoms with E-state index >= 15 is 0 Å². The molecule has 39 heavy (non-hydrogen) atoms. The van der Waals surface area contributed by atoms with Crippen LogP contribution in [0.3, 0.4) is 0 Å². The van der Waals surface area contributed by atoms with E-state index in [-0.39, 0.29) is 29.4 Å². The predicted molar refractivity (Wildman–Crippen MR) is 148 cm³/mol. The third kappa shape index (κ3) is 6.76. The molecule has 0 radical (unpaired) electrons. The Morgan fingerprint density at radius 3 is 2.54 bits per heavy atom. The molecule has 5 heterocycles. The molecule has 12 heteroatoms. The maximum Gasteiger partial charge on any atom is 0.326 e. The second-order valence-corrected chi connectivity index (χ2v) is 10.5. The highest BCUT2D eigenvalue weighted by molar-refractivity contribution is 7.13. The lowest BCUT2D eigenvalue weighted by molar-refractivity contribution is -0.137. The maximum atomic E-state index is 13.6. The molecule has 2 atom stereocenters. The van der Waals surface area contributed by atoms with Gasteiger partial charge in [-0.2, -0.15) is 4.98 Å². The number of amides is 3. The molecular weight excluding hydrogens is 518 g/mol. The van der Waals surface area contributed by atoms with Gasteiger partial charge in [-0.25, -0.2) is 9.78 Å². The zero-order chi connectivity index (χ0) is 27.2. The van der Waals surface area contributed by atoms with Crippen LogP contribution in [0.2, 0.25) is 0 Å². The molecule has 3 aromatic rings. The lowest BCUT2D eigenvalue weighted by Gasteiger charge is -2.33. The number of ether oxygens (including phenoxy) is 1. The second kappa shape index (κ2) is 12.3. The van der Waals surface area contributed by atoms with Gasteiger partial charge in [0.1, 0.15) is 16.6 Å². The fraction of sp³-hybridized carbons (Fsp3) is 0.407. The van der Waals surface area contributed by atoms with Crippen LogP contribution in [0.25, 0.3) is 10.6 Å². The summed E-state index contributed by atoms with van der Waals surface area (Å²) in [7, 11) is 0. The van der Waals surface area contributed by atoms with Crippen molar-refractivity contribution < 1.29 is 19.1 Å². The number of nitrogens with one attached hydrogen (secondary N) is 3. The average molecular weight is 550 g/mol. The summed E-state index contributed by atoms with van der Waals surface area (Å²) >= 11 is 1.41. The summed E-state index contributed by atoms with van der Waals surface area (Å²) in [5.74, 6) is 0.950. The van der Waals surface area contributed by atoms with E-state index in [1.807, 2.05) is 12.1 Å². The van der Waals surface area contributed by atoms with Crippen LogP contribution in [0.5, 0.6) is 5.88 Å². The number of nitrogens with zero attached hydrogens (tertiary/aromatic N) is 4. The lowest BCUT2D eigenvalue weighted by Crippen LogP contribution is -2.45. The number of thiazole rings is 1. The van der Waals surface area contributed by atoms with Gasteiger partial charge in [0.2, 0.25) is 11.8 Å². The molecule has 0 bridgehead atoms. The van der Waals surface area contributed by atoms with Gasteiger partial charge < -0.3 is 15.0 Å². The molecule has 204 valence electrons. The molecule has 2 fully saturated rings. The van der Waals surface area contributed by atoms with E-state index in [1.165, 1.54) is 11.3 Å². The van der Waals surface area contributed by atoms with Gasteiger partial charge >= 0.3 is 6.03 Å². The van der Waals surface area contributed by atoms with Gasteiger partial charge in [0.15, 0.2) is 11.9 Å². The molecular formula is C27H31N7O4S. The summed E-state index contributed by atoms with van der Waals surface area (Å²) in [6.45, 7) is 4.24. The van der Waals surface area contributed by atoms with E-state index in [9.17, 15) is 14.4 Å². The monoisotopic (exact) mass is 549 g/mol. The van der Waals surface area contributed by atoms with Gasteiger partial charge in [0.05, 0.1) is 0 Å². The Bertz CT molecular complexity index is 1300. The van der Waals surface area contributed by atoms with Gasteiger partial charge in [-0.15, -0.1) is 11.3 Å². The largest absolute Gasteiger partial charge is 0.466 e. The van der Waals surface area contributed by atoms with Crippen LogP contribution in [0, 0.1) is 11.8 Å². The van der Waals surface area contributed by atoms with E-state index in [4.69, 9.17) is 4.74 Å². The van der Waals surface area contributed by atoms with E-state index < -0.39 is 12.1 Å². The second-order valence-electron chi connectivity index (χ2n) is 9.69. The van der Waals surface area contributed by atoms with Gasteiger partial charge in [-0.1, -0.05) is 6.07 Å². The molecule has 11 nitrogen and oxygen atoms in total. The van der Waals surface area contributed by atoms with Crippen molar-refractivity contribution in [3.63, 3.8) is 0 Å². The number of aromatic nitrogens is 3. The summed E-state index contributed by atoms with van der Waals surface area (Å²) in [5, 5.41) is 11.3. The van der Waals surface area contributed by atoms with Crippen LogP contribution in [0.4, 0.5) is 16.4 Å². The molecule has 2 saturated heterocycles. The number of carbonyl (C=O) groups excluding carboxylic acids is 3. The number of anilines is 2. The van der Waals surface area contributed by atoms with E-state index in [0.717, 1.165) is 23.5 Å². The van der Waals surface area contributed by atoms with Crippen molar-refractivity contribution >= 4 is 40.7 Å². The Labute approximate surface area is 230 Å². The molecule has 0 aliphatic carbocycles. The number of hydrogen-bond acceptors (Lipinski definition) is 9. The number of Topliss-reactive ketones (excluding diaryl/α,β-unsaturated/α-hetero) is 1. The highest BCUT2D eigenvalue weighted by Gasteiger charge is 2.38. The minimum atomic E-state index is -0.646. The molecule has 3 amide bonds. The van der Waals surface area contributed by atoms with Crippen LogP contribution >= 0.6 is 11.3 Å². The van der Waals surface area contributed by atoms with Crippen LogP contribution < -0.4 is 20.7 Å². The first-order valence-electron chi connectivity index (χ1n) is 13.0. The van der Waals surface area contributed by atoms with Crippen molar-refractivity contribution in [3.05, 3.63) is 48.1 Å². The van der Waals surface area contributed by atoms with Crippen LogP contribution in [-0.4, -0.2) is 69.9 Å². The zero-order valence-electron chi connectivity index (χ0n) is 21.6. The van der Waals surface area contributed by atoms with E-state index in [1.54, 1.807) is 47.8 Å². The van der Waals surface area contributed by atoms with Gasteiger partial charge in [0, 0.05) is 67.8 Å². The number of likely N-dealkylation sites (tertiary alicyclic amines) is 1. The van der Waals surface area contributed by atoms with Crippen LogP contribution in [-0.2, 0) is 9.59 Å². The number of piperidine rings is 1. The minimum absolute atomic E-state index is 0.0318.